The lowest BCUT2D eigenvalue weighted by Gasteiger charge is -2.13. The Morgan fingerprint density at radius 2 is 1.86 bits per heavy atom. The third kappa shape index (κ3) is 4.57. The Kier molecular flexibility index (Phi) is 6.35. The molecule has 3 N–H and O–H groups in total. The fourth-order valence-corrected chi connectivity index (χ4v) is 1.55. The highest BCUT2D eigenvalue weighted by Gasteiger charge is 2.23. The van der Waals surface area contributed by atoms with E-state index in [4.69, 9.17) is 14.9 Å². The molecule has 7 heteroatoms. The average molecular weight is 295 g/mol. The number of carbonyl (C=O) groups is 3. The van der Waals surface area contributed by atoms with Gasteiger partial charge in [-0.3, -0.25) is 4.79 Å². The number of carboxylic acids is 1. The first-order chi connectivity index (χ1) is 10.0. The third-order valence-electron chi connectivity index (χ3n) is 2.61. The van der Waals surface area contributed by atoms with Crippen molar-refractivity contribution in [2.75, 3.05) is 13.2 Å². The van der Waals surface area contributed by atoms with E-state index in [0.717, 1.165) is 0 Å². The zero-order valence-corrected chi connectivity index (χ0v) is 11.5. The number of amides is 1. The van der Waals surface area contributed by atoms with Crippen molar-refractivity contribution >= 4 is 17.8 Å². The molecule has 7 nitrogen and oxygen atoms in total. The van der Waals surface area contributed by atoms with Crippen LogP contribution in [0.25, 0.3) is 0 Å². The van der Waals surface area contributed by atoms with E-state index in [1.807, 2.05) is 6.92 Å². The summed E-state index contributed by atoms with van der Waals surface area (Å²) in [5.74, 6) is -2.78. The highest BCUT2D eigenvalue weighted by atomic mass is 16.5. The summed E-state index contributed by atoms with van der Waals surface area (Å²) >= 11 is 0. The Balaban J connectivity index is 2.94. The molecule has 0 heterocycles. The number of carboxylic acid groups (broad SMARTS) is 1. The van der Waals surface area contributed by atoms with Crippen LogP contribution in [0.4, 0.5) is 0 Å². The standard InChI is InChI=1S/C14H17NO6/c1-2-7-21-14(20)10-6-4-3-5-9(10)12(17)15-11(8-16)13(18)19/h3-6,11,16H,2,7-8H2,1H3,(H,15,17)(H,18,19). The van der Waals surface area contributed by atoms with Crippen LogP contribution in [-0.2, 0) is 9.53 Å². The van der Waals surface area contributed by atoms with Crippen LogP contribution < -0.4 is 5.32 Å². The zero-order chi connectivity index (χ0) is 15.8. The van der Waals surface area contributed by atoms with Crippen LogP contribution in [0.1, 0.15) is 34.1 Å². The van der Waals surface area contributed by atoms with Crippen LogP contribution in [0.5, 0.6) is 0 Å². The van der Waals surface area contributed by atoms with Crippen LogP contribution in [0.2, 0.25) is 0 Å². The second kappa shape index (κ2) is 8.01. The van der Waals surface area contributed by atoms with Crippen molar-refractivity contribution in [2.45, 2.75) is 19.4 Å². The van der Waals surface area contributed by atoms with Crippen molar-refractivity contribution in [3.8, 4) is 0 Å². The number of rotatable bonds is 7. The van der Waals surface area contributed by atoms with Crippen molar-refractivity contribution in [3.05, 3.63) is 35.4 Å². The summed E-state index contributed by atoms with van der Waals surface area (Å²) in [6.07, 6.45) is 0.645. The molecule has 21 heavy (non-hydrogen) atoms. The summed E-state index contributed by atoms with van der Waals surface area (Å²) in [5.41, 5.74) is 0.0452. The van der Waals surface area contributed by atoms with Gasteiger partial charge in [-0.2, -0.15) is 0 Å². The quantitative estimate of drug-likeness (QED) is 0.629. The monoisotopic (exact) mass is 295 g/mol. The van der Waals surface area contributed by atoms with Gasteiger partial charge in [-0.25, -0.2) is 9.59 Å². The molecule has 0 saturated carbocycles. The minimum Gasteiger partial charge on any atom is -0.480 e. The van der Waals surface area contributed by atoms with Crippen LogP contribution in [0.15, 0.2) is 24.3 Å². The van der Waals surface area contributed by atoms with Crippen molar-refractivity contribution in [1.82, 2.24) is 5.32 Å². The summed E-state index contributed by atoms with van der Waals surface area (Å²) in [4.78, 5) is 34.7. The number of carbonyl (C=O) groups excluding carboxylic acids is 2. The molecular formula is C14H17NO6. The number of benzene rings is 1. The molecule has 0 radical (unpaired) electrons. The topological polar surface area (TPSA) is 113 Å². The lowest BCUT2D eigenvalue weighted by molar-refractivity contribution is -0.140. The molecule has 0 spiro atoms. The lowest BCUT2D eigenvalue weighted by Crippen LogP contribution is -2.43. The fourth-order valence-electron chi connectivity index (χ4n) is 1.55. The molecule has 1 amide bonds. The van der Waals surface area contributed by atoms with Gasteiger partial charge in [0, 0.05) is 0 Å². The first kappa shape index (κ1) is 16.6. The highest BCUT2D eigenvalue weighted by Crippen LogP contribution is 2.11. The summed E-state index contributed by atoms with van der Waals surface area (Å²) in [6, 6.07) is 4.48. The number of hydrogen-bond acceptors (Lipinski definition) is 5. The molecule has 0 aliphatic heterocycles. The Bertz CT molecular complexity index is 528. The summed E-state index contributed by atoms with van der Waals surface area (Å²) < 4.78 is 4.96. The molecule has 0 saturated heterocycles. The predicted octanol–water partition coefficient (Wildman–Crippen LogP) is 0.429. The summed E-state index contributed by atoms with van der Waals surface area (Å²) in [6.45, 7) is 1.32. The zero-order valence-electron chi connectivity index (χ0n) is 11.5. The Labute approximate surface area is 121 Å². The second-order valence-corrected chi connectivity index (χ2v) is 4.23. The highest BCUT2D eigenvalue weighted by molar-refractivity contribution is 6.06. The molecule has 1 atom stereocenters. The number of aliphatic carboxylic acids is 1. The number of aliphatic hydroxyl groups is 1. The fraction of sp³-hybridized carbons (Fsp3) is 0.357. The van der Waals surface area contributed by atoms with E-state index < -0.39 is 30.5 Å². The van der Waals surface area contributed by atoms with E-state index in [0.29, 0.717) is 6.42 Å². The van der Waals surface area contributed by atoms with Gasteiger partial charge in [-0.05, 0) is 18.6 Å². The van der Waals surface area contributed by atoms with Gasteiger partial charge < -0.3 is 20.3 Å². The van der Waals surface area contributed by atoms with Crippen molar-refractivity contribution in [1.29, 1.82) is 0 Å². The second-order valence-electron chi connectivity index (χ2n) is 4.23. The Hall–Kier alpha value is -2.41. The molecule has 0 bridgehead atoms. The number of aliphatic hydroxyl groups excluding tert-OH is 1. The summed E-state index contributed by atoms with van der Waals surface area (Å²) in [7, 11) is 0. The van der Waals surface area contributed by atoms with Gasteiger partial charge in [0.15, 0.2) is 6.04 Å². The molecule has 0 aliphatic carbocycles. The minimum atomic E-state index is -1.43. The van der Waals surface area contributed by atoms with E-state index >= 15 is 0 Å². The maximum absolute atomic E-state index is 12.0. The first-order valence-electron chi connectivity index (χ1n) is 6.42. The normalized spacial score (nSPS) is 11.5. The van der Waals surface area contributed by atoms with Gasteiger partial charge in [0.1, 0.15) is 0 Å². The van der Waals surface area contributed by atoms with E-state index in [-0.39, 0.29) is 17.7 Å². The lowest BCUT2D eigenvalue weighted by atomic mass is 10.1. The smallest absolute Gasteiger partial charge is 0.338 e. The van der Waals surface area contributed by atoms with E-state index in [9.17, 15) is 14.4 Å². The number of hydrogen-bond donors (Lipinski definition) is 3. The molecule has 1 aromatic rings. The minimum absolute atomic E-state index is 0.00157. The molecule has 1 unspecified atom stereocenters. The van der Waals surface area contributed by atoms with E-state index in [1.165, 1.54) is 12.1 Å². The molecule has 1 aromatic carbocycles. The third-order valence-corrected chi connectivity index (χ3v) is 2.61. The number of nitrogens with one attached hydrogen (secondary N) is 1. The molecule has 0 fully saturated rings. The van der Waals surface area contributed by atoms with Crippen LogP contribution in [-0.4, -0.2) is 47.3 Å². The van der Waals surface area contributed by atoms with Gasteiger partial charge in [0.05, 0.1) is 24.3 Å². The molecule has 0 aliphatic rings. The van der Waals surface area contributed by atoms with Crippen LogP contribution >= 0.6 is 0 Å². The van der Waals surface area contributed by atoms with Crippen LogP contribution in [0.3, 0.4) is 0 Å². The van der Waals surface area contributed by atoms with E-state index in [2.05, 4.69) is 5.32 Å². The average Bonchev–Trinajstić information content (AvgIpc) is 2.49. The van der Waals surface area contributed by atoms with Gasteiger partial charge in [-0.1, -0.05) is 19.1 Å². The van der Waals surface area contributed by atoms with Crippen molar-refractivity contribution in [3.63, 3.8) is 0 Å². The maximum Gasteiger partial charge on any atom is 0.338 e. The Morgan fingerprint density at radius 1 is 1.24 bits per heavy atom. The SMILES string of the molecule is CCCOC(=O)c1ccccc1C(=O)NC(CO)C(=O)O. The molecule has 114 valence electrons. The molecule has 1 rings (SSSR count). The van der Waals surface area contributed by atoms with Crippen molar-refractivity contribution in [2.24, 2.45) is 0 Å². The molecule has 0 aromatic heterocycles. The predicted molar refractivity (Wildman–Crippen MR) is 73.0 cm³/mol. The number of ether oxygens (including phenoxy) is 1. The van der Waals surface area contributed by atoms with Gasteiger partial charge in [0.25, 0.3) is 5.91 Å². The molecular weight excluding hydrogens is 278 g/mol. The van der Waals surface area contributed by atoms with Crippen LogP contribution in [0, 0.1) is 0 Å². The van der Waals surface area contributed by atoms with Gasteiger partial charge in [0.2, 0.25) is 0 Å². The van der Waals surface area contributed by atoms with Gasteiger partial charge in [-0.15, -0.1) is 0 Å². The summed E-state index contributed by atoms with van der Waals surface area (Å²) in [5, 5.41) is 19.8. The first-order valence-corrected chi connectivity index (χ1v) is 6.42. The van der Waals surface area contributed by atoms with Crippen molar-refractivity contribution < 1.29 is 29.3 Å². The largest absolute Gasteiger partial charge is 0.480 e. The van der Waals surface area contributed by atoms with Gasteiger partial charge >= 0.3 is 11.9 Å². The number of esters is 1. The maximum atomic E-state index is 12.0. The van der Waals surface area contributed by atoms with E-state index in [1.54, 1.807) is 12.1 Å². The Morgan fingerprint density at radius 3 is 2.38 bits per heavy atom.